The summed E-state index contributed by atoms with van der Waals surface area (Å²) in [5, 5.41) is 17.7. The van der Waals surface area contributed by atoms with Crippen molar-refractivity contribution in [3.63, 3.8) is 0 Å². The maximum atomic E-state index is 12.2. The summed E-state index contributed by atoms with van der Waals surface area (Å²) >= 11 is 0. The number of hydrogen-bond donors (Lipinski definition) is 3. The Bertz CT molecular complexity index is 588. The van der Waals surface area contributed by atoms with Gasteiger partial charge in [0.1, 0.15) is 5.60 Å². The molecule has 0 unspecified atom stereocenters. The minimum atomic E-state index is -0.784. The molecule has 0 spiro atoms. The highest BCUT2D eigenvalue weighted by Gasteiger charge is 2.25. The summed E-state index contributed by atoms with van der Waals surface area (Å²) < 4.78 is 5.33. The monoisotopic (exact) mass is 361 g/mol. The molecule has 0 aliphatic heterocycles. The second kappa shape index (κ2) is 9.57. The average Bonchev–Trinajstić information content (AvgIpc) is 3.06. The lowest BCUT2D eigenvalue weighted by molar-refractivity contribution is 0.0423. The number of benzene rings is 1. The van der Waals surface area contributed by atoms with Crippen molar-refractivity contribution in [2.24, 2.45) is 5.10 Å². The lowest BCUT2D eigenvalue weighted by Crippen LogP contribution is -2.49. The molecule has 26 heavy (non-hydrogen) atoms. The van der Waals surface area contributed by atoms with Crippen LogP contribution in [0.4, 0.5) is 4.79 Å². The molecule has 144 valence electrons. The predicted octanol–water partition coefficient (Wildman–Crippen LogP) is 3.00. The maximum absolute atomic E-state index is 12.2. The van der Waals surface area contributed by atoms with Gasteiger partial charge in [-0.3, -0.25) is 0 Å². The standard InChI is InChI=1S/C20H31N3O3/c1-20(2,3)26-19(25)22-17(13-15-9-5-4-6-10-15)18(24)14-21-23-16-11-7-8-12-16/h4-6,9-10,17-18,21,24H,7-8,11-14H2,1-3H3,(H,22,25)/t17-,18+/m0/s1. The number of hydrogen-bond acceptors (Lipinski definition) is 5. The number of aliphatic hydroxyl groups excluding tert-OH is 1. The van der Waals surface area contributed by atoms with Crippen molar-refractivity contribution < 1.29 is 14.6 Å². The first-order valence-electron chi connectivity index (χ1n) is 9.33. The SMILES string of the molecule is CC(C)(C)OC(=O)N[C@@H](Cc1ccccc1)[C@H](O)CNN=C1CCCC1. The largest absolute Gasteiger partial charge is 0.444 e. The summed E-state index contributed by atoms with van der Waals surface area (Å²) in [7, 11) is 0. The van der Waals surface area contributed by atoms with Crippen LogP contribution in [0.25, 0.3) is 0 Å². The third-order valence-corrected chi connectivity index (χ3v) is 4.18. The highest BCUT2D eigenvalue weighted by molar-refractivity contribution is 5.85. The quantitative estimate of drug-likeness (QED) is 0.652. The van der Waals surface area contributed by atoms with Crippen LogP contribution in [0, 0.1) is 0 Å². The molecule has 2 rings (SSSR count). The van der Waals surface area contributed by atoms with E-state index in [-0.39, 0.29) is 6.54 Å². The molecule has 6 nitrogen and oxygen atoms in total. The van der Waals surface area contributed by atoms with Crippen molar-refractivity contribution in [3.05, 3.63) is 35.9 Å². The van der Waals surface area contributed by atoms with Crippen LogP contribution < -0.4 is 10.7 Å². The minimum Gasteiger partial charge on any atom is -0.444 e. The van der Waals surface area contributed by atoms with Crippen molar-refractivity contribution in [3.8, 4) is 0 Å². The molecule has 0 radical (unpaired) electrons. The van der Waals surface area contributed by atoms with Crippen molar-refractivity contribution in [1.29, 1.82) is 0 Å². The van der Waals surface area contributed by atoms with Crippen LogP contribution in [0.15, 0.2) is 35.4 Å². The first-order valence-corrected chi connectivity index (χ1v) is 9.33. The van der Waals surface area contributed by atoms with Gasteiger partial charge in [-0.1, -0.05) is 30.3 Å². The fraction of sp³-hybridized carbons (Fsp3) is 0.600. The lowest BCUT2D eigenvalue weighted by atomic mass is 10.0. The Morgan fingerprint density at radius 2 is 1.88 bits per heavy atom. The van der Waals surface area contributed by atoms with Gasteiger partial charge >= 0.3 is 6.09 Å². The van der Waals surface area contributed by atoms with Crippen LogP contribution in [0.1, 0.15) is 52.0 Å². The number of amides is 1. The van der Waals surface area contributed by atoms with Crippen LogP contribution in [0.5, 0.6) is 0 Å². The van der Waals surface area contributed by atoms with E-state index < -0.39 is 23.8 Å². The van der Waals surface area contributed by atoms with Gasteiger partial charge in [-0.25, -0.2) is 4.79 Å². The number of ether oxygens (including phenoxy) is 1. The second-order valence-electron chi connectivity index (χ2n) is 7.76. The highest BCUT2D eigenvalue weighted by Crippen LogP contribution is 2.14. The average molecular weight is 361 g/mol. The van der Waals surface area contributed by atoms with Crippen molar-refractivity contribution in [1.82, 2.24) is 10.7 Å². The van der Waals surface area contributed by atoms with E-state index in [0.717, 1.165) is 24.1 Å². The van der Waals surface area contributed by atoms with Crippen LogP contribution in [0.3, 0.4) is 0 Å². The Kier molecular flexibility index (Phi) is 7.45. The van der Waals surface area contributed by atoms with Gasteiger partial charge in [0.25, 0.3) is 0 Å². The summed E-state index contributed by atoms with van der Waals surface area (Å²) in [6.45, 7) is 5.72. The van der Waals surface area contributed by atoms with Gasteiger partial charge in [-0.2, -0.15) is 5.10 Å². The van der Waals surface area contributed by atoms with Crippen molar-refractivity contribution in [2.45, 2.75) is 70.6 Å². The van der Waals surface area contributed by atoms with Gasteiger partial charge in [-0.15, -0.1) is 0 Å². The van der Waals surface area contributed by atoms with E-state index in [1.165, 1.54) is 12.8 Å². The van der Waals surface area contributed by atoms with E-state index in [1.54, 1.807) is 0 Å². The number of rotatable bonds is 7. The number of alkyl carbamates (subject to hydrolysis) is 1. The van der Waals surface area contributed by atoms with Crippen LogP contribution in [0.2, 0.25) is 0 Å². The summed E-state index contributed by atoms with van der Waals surface area (Å²) in [4.78, 5) is 12.2. The zero-order valence-corrected chi connectivity index (χ0v) is 16.0. The molecule has 0 saturated heterocycles. The van der Waals surface area contributed by atoms with E-state index in [1.807, 2.05) is 51.1 Å². The first kappa shape index (κ1) is 20.2. The van der Waals surface area contributed by atoms with Crippen molar-refractivity contribution >= 4 is 11.8 Å². The summed E-state index contributed by atoms with van der Waals surface area (Å²) in [5.74, 6) is 0. The molecule has 1 aromatic rings. The molecule has 1 aliphatic carbocycles. The number of nitrogens with one attached hydrogen (secondary N) is 2. The van der Waals surface area contributed by atoms with Crippen molar-refractivity contribution in [2.75, 3.05) is 6.54 Å². The molecular weight excluding hydrogens is 330 g/mol. The summed E-state index contributed by atoms with van der Waals surface area (Å²) in [5.41, 5.74) is 4.56. The Labute approximate surface area is 156 Å². The van der Waals surface area contributed by atoms with Gasteiger partial charge in [0.05, 0.1) is 18.7 Å². The zero-order chi connectivity index (χ0) is 19.0. The zero-order valence-electron chi connectivity index (χ0n) is 16.0. The fourth-order valence-corrected chi connectivity index (χ4v) is 2.90. The highest BCUT2D eigenvalue weighted by atomic mass is 16.6. The smallest absolute Gasteiger partial charge is 0.407 e. The molecule has 1 aliphatic rings. The van der Waals surface area contributed by atoms with Gasteiger partial charge < -0.3 is 20.6 Å². The lowest BCUT2D eigenvalue weighted by Gasteiger charge is -2.26. The molecule has 0 bridgehead atoms. The van der Waals surface area contributed by atoms with Crippen LogP contribution in [-0.4, -0.2) is 41.2 Å². The Morgan fingerprint density at radius 3 is 2.50 bits per heavy atom. The Hall–Kier alpha value is -2.08. The van der Waals surface area contributed by atoms with E-state index >= 15 is 0 Å². The molecule has 6 heteroatoms. The van der Waals surface area contributed by atoms with Gasteiger partial charge in [-0.05, 0) is 58.4 Å². The molecule has 0 heterocycles. The third-order valence-electron chi connectivity index (χ3n) is 4.18. The van der Waals surface area contributed by atoms with Gasteiger partial charge in [0.15, 0.2) is 0 Å². The maximum Gasteiger partial charge on any atom is 0.407 e. The normalized spacial score (nSPS) is 16.7. The van der Waals surface area contributed by atoms with E-state index in [2.05, 4.69) is 15.8 Å². The summed E-state index contributed by atoms with van der Waals surface area (Å²) in [6, 6.07) is 9.30. The number of nitrogens with zero attached hydrogens (tertiary/aromatic N) is 1. The first-order chi connectivity index (χ1) is 12.3. The molecule has 1 amide bonds. The molecule has 1 saturated carbocycles. The third kappa shape index (κ3) is 7.44. The Morgan fingerprint density at radius 1 is 1.23 bits per heavy atom. The van der Waals surface area contributed by atoms with Crippen LogP contribution >= 0.6 is 0 Å². The number of carbonyl (C=O) groups excluding carboxylic acids is 1. The number of carbonyl (C=O) groups is 1. The van der Waals surface area contributed by atoms with Gasteiger partial charge in [0.2, 0.25) is 0 Å². The fourth-order valence-electron chi connectivity index (χ4n) is 2.90. The number of aliphatic hydroxyl groups is 1. The molecule has 2 atom stereocenters. The Balaban J connectivity index is 1.96. The summed E-state index contributed by atoms with van der Waals surface area (Å²) in [6.07, 6.45) is 3.60. The molecule has 1 aromatic carbocycles. The minimum absolute atomic E-state index is 0.275. The number of hydrazone groups is 1. The molecule has 3 N–H and O–H groups in total. The van der Waals surface area contributed by atoms with Crippen LogP contribution in [-0.2, 0) is 11.2 Å². The van der Waals surface area contributed by atoms with E-state index in [0.29, 0.717) is 6.42 Å². The molecule has 0 aromatic heterocycles. The predicted molar refractivity (Wildman–Crippen MR) is 103 cm³/mol. The van der Waals surface area contributed by atoms with Gasteiger partial charge in [0, 0.05) is 5.71 Å². The molecular formula is C20H31N3O3. The van der Waals surface area contributed by atoms with E-state index in [9.17, 15) is 9.90 Å². The molecule has 1 fully saturated rings. The topological polar surface area (TPSA) is 83.0 Å². The van der Waals surface area contributed by atoms with E-state index in [4.69, 9.17) is 4.74 Å². The second-order valence-corrected chi connectivity index (χ2v) is 7.76.